The highest BCUT2D eigenvalue weighted by atomic mass is 16.1. The molecule has 0 aliphatic heterocycles. The van der Waals surface area contributed by atoms with Gasteiger partial charge in [0.2, 0.25) is 5.78 Å². The largest absolute Gasteiger partial charge is 0.382 e. The molecule has 1 aromatic carbocycles. The van der Waals surface area contributed by atoms with E-state index in [2.05, 4.69) is 0 Å². The van der Waals surface area contributed by atoms with Gasteiger partial charge in [-0.25, -0.2) is 0 Å². The lowest BCUT2D eigenvalue weighted by Gasteiger charge is -2.06. The van der Waals surface area contributed by atoms with Crippen molar-refractivity contribution in [2.24, 2.45) is 0 Å². The lowest BCUT2D eigenvalue weighted by Crippen LogP contribution is -2.09. The third-order valence-corrected chi connectivity index (χ3v) is 2.35. The van der Waals surface area contributed by atoms with Crippen LogP contribution in [-0.4, -0.2) is 24.8 Å². The van der Waals surface area contributed by atoms with Crippen molar-refractivity contribution in [2.75, 3.05) is 14.1 Å². The fraction of sp³-hybridized carbons (Fsp3) is 0.286. The van der Waals surface area contributed by atoms with E-state index < -0.39 is 0 Å². The summed E-state index contributed by atoms with van der Waals surface area (Å²) in [5.41, 5.74) is 1.82. The van der Waals surface area contributed by atoms with Crippen LogP contribution in [0.1, 0.15) is 22.8 Å². The van der Waals surface area contributed by atoms with Crippen LogP contribution in [0.5, 0.6) is 0 Å². The van der Waals surface area contributed by atoms with E-state index in [1.165, 1.54) is 0 Å². The standard InChI is InChI=1S/C14H16N2O/c1-4-11-6-5-7-12(8-11)14(17)13(9-15)10-16(2)3/h5-8,10H,4H2,1-3H3/b13-10-. The Morgan fingerprint density at radius 1 is 1.47 bits per heavy atom. The van der Waals surface area contributed by atoms with Crippen LogP contribution in [0.4, 0.5) is 0 Å². The van der Waals surface area contributed by atoms with Crippen molar-refractivity contribution in [1.82, 2.24) is 4.90 Å². The van der Waals surface area contributed by atoms with Crippen LogP contribution in [0.25, 0.3) is 0 Å². The zero-order chi connectivity index (χ0) is 12.8. The molecule has 3 nitrogen and oxygen atoms in total. The Bertz CT molecular complexity index is 481. The fourth-order valence-corrected chi connectivity index (χ4v) is 1.48. The highest BCUT2D eigenvalue weighted by Gasteiger charge is 2.12. The monoisotopic (exact) mass is 228 g/mol. The van der Waals surface area contributed by atoms with Crippen LogP contribution in [-0.2, 0) is 6.42 Å². The summed E-state index contributed by atoms with van der Waals surface area (Å²) < 4.78 is 0. The number of ketones is 1. The average Bonchev–Trinajstić information content (AvgIpc) is 2.35. The molecule has 0 amide bonds. The van der Waals surface area contributed by atoms with E-state index in [0.29, 0.717) is 5.56 Å². The zero-order valence-electron chi connectivity index (χ0n) is 10.4. The summed E-state index contributed by atoms with van der Waals surface area (Å²) in [4.78, 5) is 13.8. The Labute approximate surface area is 102 Å². The maximum Gasteiger partial charge on any atom is 0.205 e. The van der Waals surface area contributed by atoms with Crippen molar-refractivity contribution in [3.63, 3.8) is 0 Å². The first-order valence-electron chi connectivity index (χ1n) is 5.50. The van der Waals surface area contributed by atoms with Crippen molar-refractivity contribution in [2.45, 2.75) is 13.3 Å². The number of nitrogens with zero attached hydrogens (tertiary/aromatic N) is 2. The third-order valence-electron chi connectivity index (χ3n) is 2.35. The molecule has 0 aromatic heterocycles. The number of carbonyl (C=O) groups is 1. The van der Waals surface area contributed by atoms with Crippen molar-refractivity contribution in [3.05, 3.63) is 47.2 Å². The lowest BCUT2D eigenvalue weighted by atomic mass is 10.0. The maximum absolute atomic E-state index is 12.1. The van der Waals surface area contributed by atoms with Crippen molar-refractivity contribution < 1.29 is 4.79 Å². The average molecular weight is 228 g/mol. The van der Waals surface area contributed by atoms with Crippen LogP contribution in [0.15, 0.2) is 36.0 Å². The summed E-state index contributed by atoms with van der Waals surface area (Å²) in [5.74, 6) is -0.225. The van der Waals surface area contributed by atoms with E-state index in [9.17, 15) is 4.79 Å². The molecule has 1 rings (SSSR count). The van der Waals surface area contributed by atoms with Gasteiger partial charge in [-0.15, -0.1) is 0 Å². The van der Waals surface area contributed by atoms with Gasteiger partial charge in [-0.1, -0.05) is 25.1 Å². The molecule has 0 bridgehead atoms. The first-order chi connectivity index (χ1) is 8.08. The van der Waals surface area contributed by atoms with E-state index in [-0.39, 0.29) is 11.4 Å². The molecule has 17 heavy (non-hydrogen) atoms. The smallest absolute Gasteiger partial charge is 0.205 e. The molecule has 3 heteroatoms. The quantitative estimate of drug-likeness (QED) is 0.451. The molecule has 0 fully saturated rings. The molecule has 0 atom stereocenters. The van der Waals surface area contributed by atoms with Crippen LogP contribution in [0.3, 0.4) is 0 Å². The number of Topliss-reactive ketones (excluding diaryl/α,β-unsaturated/α-hetero) is 1. The minimum Gasteiger partial charge on any atom is -0.382 e. The van der Waals surface area contributed by atoms with Gasteiger partial charge in [-0.05, 0) is 18.1 Å². The Morgan fingerprint density at radius 3 is 2.71 bits per heavy atom. The number of benzene rings is 1. The van der Waals surface area contributed by atoms with Crippen molar-refractivity contribution >= 4 is 5.78 Å². The SMILES string of the molecule is CCc1cccc(C(=O)/C(C#N)=C\N(C)C)c1. The summed E-state index contributed by atoms with van der Waals surface area (Å²) >= 11 is 0. The molecule has 0 N–H and O–H groups in total. The summed E-state index contributed by atoms with van der Waals surface area (Å²) in [6.07, 6.45) is 2.42. The number of hydrogen-bond acceptors (Lipinski definition) is 3. The first-order valence-corrected chi connectivity index (χ1v) is 5.50. The number of aryl methyl sites for hydroxylation is 1. The van der Waals surface area contributed by atoms with Gasteiger partial charge >= 0.3 is 0 Å². The second-order valence-corrected chi connectivity index (χ2v) is 4.00. The molecule has 0 radical (unpaired) electrons. The minimum absolute atomic E-state index is 0.156. The summed E-state index contributed by atoms with van der Waals surface area (Å²) in [5, 5.41) is 8.97. The Balaban J connectivity index is 3.07. The molecular formula is C14H16N2O. The van der Waals surface area contributed by atoms with Crippen LogP contribution < -0.4 is 0 Å². The molecule has 0 heterocycles. The van der Waals surface area contributed by atoms with E-state index >= 15 is 0 Å². The normalized spacial score (nSPS) is 10.8. The topological polar surface area (TPSA) is 44.1 Å². The Hall–Kier alpha value is -2.08. The van der Waals surface area contributed by atoms with Crippen molar-refractivity contribution in [3.8, 4) is 6.07 Å². The molecule has 1 aromatic rings. The fourth-order valence-electron chi connectivity index (χ4n) is 1.48. The Kier molecular flexibility index (Phi) is 4.47. The molecule has 0 spiro atoms. The van der Waals surface area contributed by atoms with Gasteiger partial charge in [0, 0.05) is 25.9 Å². The van der Waals surface area contributed by atoms with Crippen molar-refractivity contribution in [1.29, 1.82) is 5.26 Å². The van der Waals surface area contributed by atoms with E-state index in [4.69, 9.17) is 5.26 Å². The number of nitriles is 1. The first kappa shape index (κ1) is 13.0. The summed E-state index contributed by atoms with van der Waals surface area (Å²) in [7, 11) is 3.57. The van der Waals surface area contributed by atoms with Crippen LogP contribution >= 0.6 is 0 Å². The highest BCUT2D eigenvalue weighted by molar-refractivity contribution is 6.11. The number of rotatable bonds is 4. The van der Waals surface area contributed by atoms with E-state index in [1.807, 2.05) is 31.2 Å². The third kappa shape index (κ3) is 3.46. The van der Waals surface area contributed by atoms with Gasteiger partial charge in [0.1, 0.15) is 11.6 Å². The maximum atomic E-state index is 12.1. The zero-order valence-corrected chi connectivity index (χ0v) is 10.4. The molecule has 0 aliphatic rings. The molecular weight excluding hydrogens is 212 g/mol. The number of allylic oxidation sites excluding steroid dienone is 1. The van der Waals surface area contributed by atoms with Crippen LogP contribution in [0, 0.1) is 11.3 Å². The van der Waals surface area contributed by atoms with E-state index in [0.717, 1.165) is 12.0 Å². The number of hydrogen-bond donors (Lipinski definition) is 0. The predicted molar refractivity (Wildman–Crippen MR) is 67.5 cm³/mol. The number of carbonyl (C=O) groups excluding carboxylic acids is 1. The summed E-state index contributed by atoms with van der Waals surface area (Å²) in [6, 6.07) is 9.33. The molecule has 0 aliphatic carbocycles. The molecule has 0 unspecified atom stereocenters. The van der Waals surface area contributed by atoms with Gasteiger partial charge in [-0.2, -0.15) is 5.26 Å². The predicted octanol–water partition coefficient (Wildman–Crippen LogP) is 2.40. The second kappa shape index (κ2) is 5.86. The van der Waals surface area contributed by atoms with Gasteiger partial charge in [-0.3, -0.25) is 4.79 Å². The van der Waals surface area contributed by atoms with Gasteiger partial charge in [0.05, 0.1) is 0 Å². The van der Waals surface area contributed by atoms with Crippen LogP contribution in [0.2, 0.25) is 0 Å². The molecule has 88 valence electrons. The van der Waals surface area contributed by atoms with Gasteiger partial charge in [0.25, 0.3) is 0 Å². The Morgan fingerprint density at radius 2 is 2.18 bits per heavy atom. The van der Waals surface area contributed by atoms with Gasteiger partial charge < -0.3 is 4.90 Å². The molecule has 0 saturated carbocycles. The lowest BCUT2D eigenvalue weighted by molar-refractivity contribution is 0.103. The van der Waals surface area contributed by atoms with E-state index in [1.54, 1.807) is 31.3 Å². The second-order valence-electron chi connectivity index (χ2n) is 4.00. The minimum atomic E-state index is -0.225. The highest BCUT2D eigenvalue weighted by Crippen LogP contribution is 2.11. The van der Waals surface area contributed by atoms with Gasteiger partial charge in [0.15, 0.2) is 0 Å². The molecule has 0 saturated heterocycles. The summed E-state index contributed by atoms with van der Waals surface area (Å²) in [6.45, 7) is 2.03.